The number of carbonyl (C=O) groups excluding carboxylic acids is 1. The quantitative estimate of drug-likeness (QED) is 0.752. The molecule has 26 heavy (non-hydrogen) atoms. The average Bonchev–Trinajstić information content (AvgIpc) is 3.30. The third-order valence-electron chi connectivity index (χ3n) is 4.73. The van der Waals surface area contributed by atoms with Crippen LogP contribution in [-0.4, -0.2) is 36.5 Å². The molecule has 0 saturated carbocycles. The van der Waals surface area contributed by atoms with E-state index in [1.54, 1.807) is 10.9 Å². The van der Waals surface area contributed by atoms with E-state index >= 15 is 0 Å². The van der Waals surface area contributed by atoms with Gasteiger partial charge >= 0.3 is 0 Å². The molecule has 0 saturated heterocycles. The Hall–Kier alpha value is -3.16. The molecule has 4 rings (SSSR count). The summed E-state index contributed by atoms with van der Waals surface area (Å²) < 4.78 is 3.62. The van der Waals surface area contributed by atoms with Gasteiger partial charge in [-0.3, -0.25) is 9.48 Å². The van der Waals surface area contributed by atoms with E-state index in [-0.39, 0.29) is 23.9 Å². The van der Waals surface area contributed by atoms with E-state index in [0.29, 0.717) is 5.95 Å². The number of para-hydroxylation sites is 1. The summed E-state index contributed by atoms with van der Waals surface area (Å²) in [4.78, 5) is 17.4. The van der Waals surface area contributed by atoms with Gasteiger partial charge in [-0.1, -0.05) is 18.2 Å². The molecular formula is C18H21N7O. The van der Waals surface area contributed by atoms with Crippen LogP contribution in [0.4, 0.5) is 11.6 Å². The van der Waals surface area contributed by atoms with E-state index in [2.05, 4.69) is 25.8 Å². The van der Waals surface area contributed by atoms with Crippen molar-refractivity contribution in [3.05, 3.63) is 54.6 Å². The lowest BCUT2D eigenvalue weighted by Crippen LogP contribution is -2.46. The minimum atomic E-state index is -0.362. The Kier molecular flexibility index (Phi) is 4.16. The molecule has 3 heterocycles. The average molecular weight is 351 g/mol. The van der Waals surface area contributed by atoms with E-state index in [1.807, 2.05) is 55.1 Å². The Morgan fingerprint density at radius 3 is 2.81 bits per heavy atom. The predicted octanol–water partition coefficient (Wildman–Crippen LogP) is 2.15. The summed E-state index contributed by atoms with van der Waals surface area (Å²) in [6.45, 7) is 4.79. The Labute approximate surface area is 151 Å². The van der Waals surface area contributed by atoms with Crippen LogP contribution < -0.4 is 10.6 Å². The summed E-state index contributed by atoms with van der Waals surface area (Å²) in [5, 5.41) is 15.0. The van der Waals surface area contributed by atoms with E-state index in [0.717, 1.165) is 17.8 Å². The van der Waals surface area contributed by atoms with Crippen molar-refractivity contribution in [2.45, 2.75) is 32.5 Å². The maximum absolute atomic E-state index is 13.1. The van der Waals surface area contributed by atoms with Crippen molar-refractivity contribution in [3.63, 3.8) is 0 Å². The number of hydrogen-bond donors (Lipinski definition) is 2. The topological polar surface area (TPSA) is 89.7 Å². The van der Waals surface area contributed by atoms with E-state index < -0.39 is 0 Å². The van der Waals surface area contributed by atoms with Crippen molar-refractivity contribution in [1.82, 2.24) is 24.5 Å². The molecule has 1 aliphatic rings. The summed E-state index contributed by atoms with van der Waals surface area (Å²) in [7, 11) is 0. The molecular weight excluding hydrogens is 330 g/mol. The lowest BCUT2D eigenvalue weighted by atomic mass is 9.86. The van der Waals surface area contributed by atoms with Crippen LogP contribution in [0.15, 0.2) is 49.1 Å². The lowest BCUT2D eigenvalue weighted by molar-refractivity contribution is -0.121. The van der Waals surface area contributed by atoms with Gasteiger partial charge in [0.15, 0.2) is 0 Å². The van der Waals surface area contributed by atoms with E-state index in [9.17, 15) is 4.79 Å². The second kappa shape index (κ2) is 6.62. The highest BCUT2D eigenvalue weighted by molar-refractivity contribution is 5.94. The Morgan fingerprint density at radius 1 is 1.27 bits per heavy atom. The molecule has 0 spiro atoms. The fourth-order valence-electron chi connectivity index (χ4n) is 3.45. The van der Waals surface area contributed by atoms with Crippen LogP contribution in [0.5, 0.6) is 0 Å². The molecule has 0 bridgehead atoms. The number of anilines is 2. The second-order valence-corrected chi connectivity index (χ2v) is 6.42. The zero-order valence-electron chi connectivity index (χ0n) is 14.7. The van der Waals surface area contributed by atoms with Gasteiger partial charge in [0.1, 0.15) is 6.33 Å². The standard InChI is InChI=1S/C18H21N7O/c1-3-24-10-13(9-20-24)16-15(12(2)22-18-19-11-21-25(16)18)17(26)23-14-7-5-4-6-8-14/h4-12,15-16H,3H2,1-2H3,(H,23,26)(H,19,21,22). The number of aryl methyl sites for hydroxylation is 1. The van der Waals surface area contributed by atoms with Crippen LogP contribution in [0.25, 0.3) is 0 Å². The van der Waals surface area contributed by atoms with Crippen molar-refractivity contribution < 1.29 is 4.79 Å². The number of carbonyl (C=O) groups is 1. The minimum Gasteiger partial charge on any atom is -0.351 e. The van der Waals surface area contributed by atoms with Gasteiger partial charge in [-0.15, -0.1) is 0 Å². The molecule has 1 aromatic carbocycles. The SMILES string of the molecule is CCn1cc(C2C(C(=O)Nc3ccccc3)C(C)Nc3ncnn32)cn1. The number of fused-ring (bicyclic) bond motifs is 1. The van der Waals surface area contributed by atoms with Gasteiger partial charge < -0.3 is 10.6 Å². The Balaban J connectivity index is 1.71. The van der Waals surface area contributed by atoms with Crippen LogP contribution in [0.3, 0.4) is 0 Å². The molecule has 0 aliphatic carbocycles. The first-order valence-electron chi connectivity index (χ1n) is 8.71. The maximum Gasteiger partial charge on any atom is 0.232 e. The fraction of sp³-hybridized carbons (Fsp3) is 0.333. The normalized spacial score (nSPS) is 21.7. The molecule has 3 aromatic rings. The molecule has 1 amide bonds. The van der Waals surface area contributed by atoms with Crippen LogP contribution in [0.1, 0.15) is 25.5 Å². The zero-order valence-corrected chi connectivity index (χ0v) is 14.7. The highest BCUT2D eigenvalue weighted by Gasteiger charge is 2.41. The smallest absolute Gasteiger partial charge is 0.232 e. The lowest BCUT2D eigenvalue weighted by Gasteiger charge is -2.36. The van der Waals surface area contributed by atoms with Gasteiger partial charge in [0.2, 0.25) is 11.9 Å². The number of nitrogens with zero attached hydrogens (tertiary/aromatic N) is 5. The van der Waals surface area contributed by atoms with Gasteiger partial charge in [0, 0.05) is 30.0 Å². The Bertz CT molecular complexity index is 901. The second-order valence-electron chi connectivity index (χ2n) is 6.42. The molecule has 1 aliphatic heterocycles. The molecule has 134 valence electrons. The van der Waals surface area contributed by atoms with Crippen molar-refractivity contribution >= 4 is 17.5 Å². The van der Waals surface area contributed by atoms with Gasteiger partial charge in [-0.2, -0.15) is 15.2 Å². The fourth-order valence-corrected chi connectivity index (χ4v) is 3.45. The highest BCUT2D eigenvalue weighted by Crippen LogP contribution is 2.36. The minimum absolute atomic E-state index is 0.0633. The van der Waals surface area contributed by atoms with Crippen molar-refractivity contribution in [2.24, 2.45) is 5.92 Å². The predicted molar refractivity (Wildman–Crippen MR) is 97.7 cm³/mol. The van der Waals surface area contributed by atoms with E-state index in [4.69, 9.17) is 0 Å². The number of amides is 1. The summed E-state index contributed by atoms with van der Waals surface area (Å²) >= 11 is 0. The summed E-state index contributed by atoms with van der Waals surface area (Å²) in [5.41, 5.74) is 1.72. The first kappa shape index (κ1) is 16.3. The van der Waals surface area contributed by atoms with Crippen molar-refractivity contribution in [1.29, 1.82) is 0 Å². The summed E-state index contributed by atoms with van der Waals surface area (Å²) in [5.74, 6) is 0.237. The third-order valence-corrected chi connectivity index (χ3v) is 4.73. The van der Waals surface area contributed by atoms with Crippen molar-refractivity contribution in [2.75, 3.05) is 10.6 Å². The third kappa shape index (κ3) is 2.83. The van der Waals surface area contributed by atoms with Gasteiger partial charge in [-0.05, 0) is 26.0 Å². The molecule has 8 nitrogen and oxygen atoms in total. The number of benzene rings is 1. The molecule has 0 fully saturated rings. The monoisotopic (exact) mass is 351 g/mol. The van der Waals surface area contributed by atoms with E-state index in [1.165, 1.54) is 6.33 Å². The van der Waals surface area contributed by atoms with Crippen LogP contribution in [-0.2, 0) is 11.3 Å². The van der Waals surface area contributed by atoms with Crippen LogP contribution in [0, 0.1) is 5.92 Å². The first-order chi connectivity index (χ1) is 12.7. The van der Waals surface area contributed by atoms with Gasteiger partial charge in [0.05, 0.1) is 18.2 Å². The van der Waals surface area contributed by atoms with Gasteiger partial charge in [0.25, 0.3) is 0 Å². The van der Waals surface area contributed by atoms with Gasteiger partial charge in [-0.25, -0.2) is 4.68 Å². The molecule has 2 N–H and O–H groups in total. The molecule has 2 aromatic heterocycles. The molecule has 8 heteroatoms. The number of rotatable bonds is 4. The maximum atomic E-state index is 13.1. The van der Waals surface area contributed by atoms with Crippen LogP contribution >= 0.6 is 0 Å². The zero-order chi connectivity index (χ0) is 18.1. The molecule has 3 unspecified atom stereocenters. The largest absolute Gasteiger partial charge is 0.351 e. The first-order valence-corrected chi connectivity index (χ1v) is 8.71. The highest BCUT2D eigenvalue weighted by atomic mass is 16.2. The van der Waals surface area contributed by atoms with Crippen LogP contribution in [0.2, 0.25) is 0 Å². The number of hydrogen-bond acceptors (Lipinski definition) is 5. The Morgan fingerprint density at radius 2 is 2.08 bits per heavy atom. The number of aromatic nitrogens is 5. The number of nitrogens with one attached hydrogen (secondary N) is 2. The van der Waals surface area contributed by atoms with Crippen molar-refractivity contribution in [3.8, 4) is 0 Å². The molecule has 0 radical (unpaired) electrons. The molecule has 3 atom stereocenters. The summed E-state index contributed by atoms with van der Waals surface area (Å²) in [6, 6.07) is 9.10. The summed E-state index contributed by atoms with van der Waals surface area (Å²) in [6.07, 6.45) is 5.28.